The Bertz CT molecular complexity index is 380. The number of carboxylic acid groups (broad SMARTS) is 1. The number of hydrogen-bond donors (Lipinski definition) is 1. The van der Waals surface area contributed by atoms with Crippen molar-refractivity contribution in [3.63, 3.8) is 0 Å². The molecule has 0 radical (unpaired) electrons. The lowest BCUT2D eigenvalue weighted by Crippen LogP contribution is -2.40. The minimum atomic E-state index is -2.88. The molecule has 112 valence electrons. The molecule has 1 rings (SSSR count). The summed E-state index contributed by atoms with van der Waals surface area (Å²) in [5, 5.41) is 8.75. The first-order chi connectivity index (χ1) is 8.94. The molecule has 1 N–H and O–H groups in total. The molecule has 0 aromatic heterocycles. The third-order valence-electron chi connectivity index (χ3n) is 3.78. The van der Waals surface area contributed by atoms with E-state index in [0.29, 0.717) is 18.9 Å². The summed E-state index contributed by atoms with van der Waals surface area (Å²) in [7, 11) is -2.88. The zero-order valence-electron chi connectivity index (χ0n) is 11.7. The molecule has 0 aromatic carbocycles. The zero-order chi connectivity index (χ0) is 14.3. The number of nitrogens with zero attached hydrogens (tertiary/aromatic N) is 1. The molecule has 5 nitrogen and oxygen atoms in total. The molecule has 0 aromatic rings. The van der Waals surface area contributed by atoms with Gasteiger partial charge in [0.25, 0.3) is 0 Å². The number of carboxylic acids is 1. The van der Waals surface area contributed by atoms with Gasteiger partial charge in [-0.05, 0) is 38.8 Å². The standard InChI is InChI=1S/C13H25NO4S/c1-2-19(17,18)11-5-10-14-9-4-3-6-12(14)7-8-13(15)16/h12H,2-11H2,1H3,(H,15,16). The van der Waals surface area contributed by atoms with Gasteiger partial charge in [-0.2, -0.15) is 0 Å². The van der Waals surface area contributed by atoms with E-state index in [1.807, 2.05) is 0 Å². The van der Waals surface area contributed by atoms with Crippen molar-refractivity contribution in [2.24, 2.45) is 0 Å². The van der Waals surface area contributed by atoms with Gasteiger partial charge in [0.1, 0.15) is 9.84 Å². The SMILES string of the molecule is CCS(=O)(=O)CCCN1CCCCC1CCC(=O)O. The Kier molecular flexibility index (Phi) is 6.79. The van der Waals surface area contributed by atoms with Crippen LogP contribution in [0, 0.1) is 0 Å². The molecule has 0 aliphatic carbocycles. The first kappa shape index (κ1) is 16.4. The molecule has 0 saturated carbocycles. The lowest BCUT2D eigenvalue weighted by molar-refractivity contribution is -0.137. The lowest BCUT2D eigenvalue weighted by atomic mass is 9.98. The van der Waals surface area contributed by atoms with E-state index in [-0.39, 0.29) is 17.9 Å². The molecule has 1 unspecified atom stereocenters. The topological polar surface area (TPSA) is 74.7 Å². The fourth-order valence-corrected chi connectivity index (χ4v) is 3.46. The molecule has 1 aliphatic rings. The highest BCUT2D eigenvalue weighted by molar-refractivity contribution is 7.91. The minimum Gasteiger partial charge on any atom is -0.481 e. The molecule has 1 heterocycles. The smallest absolute Gasteiger partial charge is 0.303 e. The van der Waals surface area contributed by atoms with E-state index in [0.717, 1.165) is 32.4 Å². The van der Waals surface area contributed by atoms with Crippen LogP contribution in [0.15, 0.2) is 0 Å². The number of aliphatic carboxylic acids is 1. The lowest BCUT2D eigenvalue weighted by Gasteiger charge is -2.35. The van der Waals surface area contributed by atoms with Crippen LogP contribution in [0.4, 0.5) is 0 Å². The monoisotopic (exact) mass is 291 g/mol. The fourth-order valence-electron chi connectivity index (χ4n) is 2.60. The van der Waals surface area contributed by atoms with E-state index in [9.17, 15) is 13.2 Å². The van der Waals surface area contributed by atoms with E-state index in [1.165, 1.54) is 0 Å². The second-order valence-electron chi connectivity index (χ2n) is 5.21. The molecule has 1 saturated heterocycles. The van der Waals surface area contributed by atoms with Crippen molar-refractivity contribution in [3.05, 3.63) is 0 Å². The Balaban J connectivity index is 2.37. The van der Waals surface area contributed by atoms with Crippen LogP contribution in [-0.4, -0.2) is 55.0 Å². The molecule has 1 aliphatic heterocycles. The number of piperidine rings is 1. The van der Waals surface area contributed by atoms with Gasteiger partial charge in [-0.25, -0.2) is 8.42 Å². The molecule has 19 heavy (non-hydrogen) atoms. The van der Waals surface area contributed by atoms with Crippen LogP contribution in [0.1, 0.15) is 45.4 Å². The van der Waals surface area contributed by atoms with Crippen LogP contribution in [0.5, 0.6) is 0 Å². The summed E-state index contributed by atoms with van der Waals surface area (Å²) in [6.45, 7) is 3.41. The maximum Gasteiger partial charge on any atom is 0.303 e. The van der Waals surface area contributed by atoms with Crippen LogP contribution in [0.2, 0.25) is 0 Å². The zero-order valence-corrected chi connectivity index (χ0v) is 12.5. The van der Waals surface area contributed by atoms with Gasteiger partial charge in [0.05, 0.1) is 5.75 Å². The van der Waals surface area contributed by atoms with Crippen molar-refractivity contribution in [3.8, 4) is 0 Å². The van der Waals surface area contributed by atoms with Gasteiger partial charge < -0.3 is 10.0 Å². The van der Waals surface area contributed by atoms with Gasteiger partial charge >= 0.3 is 5.97 Å². The number of hydrogen-bond acceptors (Lipinski definition) is 4. The van der Waals surface area contributed by atoms with Gasteiger partial charge in [-0.3, -0.25) is 4.79 Å². The quantitative estimate of drug-likeness (QED) is 0.734. The molecule has 0 amide bonds. The Morgan fingerprint density at radius 1 is 1.37 bits per heavy atom. The van der Waals surface area contributed by atoms with Gasteiger partial charge in [0, 0.05) is 18.2 Å². The molecule has 6 heteroatoms. The van der Waals surface area contributed by atoms with Crippen LogP contribution >= 0.6 is 0 Å². The summed E-state index contributed by atoms with van der Waals surface area (Å²) in [5.74, 6) is -0.305. The van der Waals surface area contributed by atoms with Crippen LogP contribution in [0.25, 0.3) is 0 Å². The van der Waals surface area contributed by atoms with E-state index >= 15 is 0 Å². The first-order valence-corrected chi connectivity index (χ1v) is 8.93. The summed E-state index contributed by atoms with van der Waals surface area (Å²) in [6.07, 6.45) is 4.84. The predicted molar refractivity (Wildman–Crippen MR) is 75.0 cm³/mol. The maximum atomic E-state index is 11.4. The third-order valence-corrected chi connectivity index (χ3v) is 5.57. The molecular formula is C13H25NO4S. The predicted octanol–water partition coefficient (Wildman–Crippen LogP) is 1.53. The summed E-state index contributed by atoms with van der Waals surface area (Å²) in [6, 6.07) is 0.314. The molecular weight excluding hydrogens is 266 g/mol. The number of sulfone groups is 1. The molecule has 0 spiro atoms. The highest BCUT2D eigenvalue weighted by atomic mass is 32.2. The van der Waals surface area contributed by atoms with Gasteiger partial charge in [-0.15, -0.1) is 0 Å². The van der Waals surface area contributed by atoms with Crippen molar-refractivity contribution in [2.45, 2.75) is 51.5 Å². The van der Waals surface area contributed by atoms with E-state index < -0.39 is 15.8 Å². The number of rotatable bonds is 8. The average Bonchev–Trinajstić information content (AvgIpc) is 2.37. The molecule has 1 atom stereocenters. The van der Waals surface area contributed by atoms with Crippen molar-refractivity contribution in [1.29, 1.82) is 0 Å². The molecule has 1 fully saturated rings. The van der Waals surface area contributed by atoms with Crippen molar-refractivity contribution in [1.82, 2.24) is 4.90 Å². The maximum absolute atomic E-state index is 11.4. The normalized spacial score (nSPS) is 21.4. The van der Waals surface area contributed by atoms with E-state index in [1.54, 1.807) is 6.92 Å². The summed E-state index contributed by atoms with van der Waals surface area (Å²) in [4.78, 5) is 12.9. The van der Waals surface area contributed by atoms with Gasteiger partial charge in [0.15, 0.2) is 0 Å². The van der Waals surface area contributed by atoms with E-state index in [4.69, 9.17) is 5.11 Å². The van der Waals surface area contributed by atoms with Gasteiger partial charge in [-0.1, -0.05) is 13.3 Å². The van der Waals surface area contributed by atoms with Crippen molar-refractivity contribution in [2.75, 3.05) is 24.6 Å². The van der Waals surface area contributed by atoms with Gasteiger partial charge in [0.2, 0.25) is 0 Å². The van der Waals surface area contributed by atoms with Crippen LogP contribution < -0.4 is 0 Å². The summed E-state index contributed by atoms with van der Waals surface area (Å²) in [5.41, 5.74) is 0. The Morgan fingerprint density at radius 2 is 2.11 bits per heavy atom. The van der Waals surface area contributed by atoms with E-state index in [2.05, 4.69) is 4.90 Å². The molecule has 0 bridgehead atoms. The van der Waals surface area contributed by atoms with Crippen molar-refractivity contribution < 1.29 is 18.3 Å². The Hall–Kier alpha value is -0.620. The van der Waals surface area contributed by atoms with Crippen LogP contribution in [0.3, 0.4) is 0 Å². The second kappa shape index (κ2) is 7.85. The Morgan fingerprint density at radius 3 is 2.74 bits per heavy atom. The first-order valence-electron chi connectivity index (χ1n) is 7.11. The average molecular weight is 291 g/mol. The number of carbonyl (C=O) groups is 1. The van der Waals surface area contributed by atoms with Crippen LogP contribution in [-0.2, 0) is 14.6 Å². The third kappa shape index (κ3) is 6.38. The Labute approximate surface area is 115 Å². The minimum absolute atomic E-state index is 0.203. The number of likely N-dealkylation sites (tertiary alicyclic amines) is 1. The highest BCUT2D eigenvalue weighted by Gasteiger charge is 2.22. The summed E-state index contributed by atoms with van der Waals surface area (Å²) < 4.78 is 22.9. The van der Waals surface area contributed by atoms with Crippen molar-refractivity contribution >= 4 is 15.8 Å². The fraction of sp³-hybridized carbons (Fsp3) is 0.923. The summed E-state index contributed by atoms with van der Waals surface area (Å²) >= 11 is 0. The highest BCUT2D eigenvalue weighted by Crippen LogP contribution is 2.21. The largest absolute Gasteiger partial charge is 0.481 e. The second-order valence-corrected chi connectivity index (χ2v) is 7.68.